The van der Waals surface area contributed by atoms with Crippen molar-refractivity contribution in [2.45, 2.75) is 65.9 Å². The largest absolute Gasteiger partial charge is 0.393 e. The minimum atomic E-state index is 0.0648. The SMILES string of the molecule is CC.CC1(C)CCCNC1.OC1CCC1. The molecule has 2 rings (SSSR count). The fourth-order valence-electron chi connectivity index (χ4n) is 1.59. The maximum Gasteiger partial charge on any atom is 0.0540 e. The van der Waals surface area contributed by atoms with E-state index >= 15 is 0 Å². The Kier molecular flexibility index (Phi) is 8.07. The van der Waals surface area contributed by atoms with E-state index in [1.807, 2.05) is 13.8 Å². The predicted molar refractivity (Wildman–Crippen MR) is 67.1 cm³/mol. The number of aliphatic hydroxyl groups excluding tert-OH is 1. The molecule has 0 spiro atoms. The lowest BCUT2D eigenvalue weighted by Gasteiger charge is -2.29. The molecule has 15 heavy (non-hydrogen) atoms. The van der Waals surface area contributed by atoms with Gasteiger partial charge in [0.15, 0.2) is 0 Å². The van der Waals surface area contributed by atoms with Gasteiger partial charge in [0, 0.05) is 6.54 Å². The van der Waals surface area contributed by atoms with Crippen molar-refractivity contribution < 1.29 is 5.11 Å². The third-order valence-electron chi connectivity index (χ3n) is 2.89. The number of aliphatic hydroxyl groups is 1. The Balaban J connectivity index is 0.000000241. The third-order valence-corrected chi connectivity index (χ3v) is 2.89. The maximum absolute atomic E-state index is 8.45. The van der Waals surface area contributed by atoms with E-state index in [4.69, 9.17) is 5.11 Å². The molecule has 1 aliphatic heterocycles. The monoisotopic (exact) mass is 215 g/mol. The highest BCUT2D eigenvalue weighted by Gasteiger charge is 2.19. The van der Waals surface area contributed by atoms with Crippen molar-refractivity contribution in [1.82, 2.24) is 5.32 Å². The van der Waals surface area contributed by atoms with E-state index in [9.17, 15) is 0 Å². The average Bonchev–Trinajstić information content (AvgIpc) is 2.18. The number of hydrogen-bond donors (Lipinski definition) is 2. The molecule has 2 heteroatoms. The van der Waals surface area contributed by atoms with Crippen LogP contribution in [0.3, 0.4) is 0 Å². The summed E-state index contributed by atoms with van der Waals surface area (Å²) in [5.74, 6) is 0. The second kappa shape index (κ2) is 8.12. The van der Waals surface area contributed by atoms with Crippen LogP contribution < -0.4 is 5.32 Å². The first-order valence-electron chi connectivity index (χ1n) is 6.49. The second-order valence-corrected chi connectivity index (χ2v) is 5.03. The van der Waals surface area contributed by atoms with E-state index in [2.05, 4.69) is 19.2 Å². The van der Waals surface area contributed by atoms with Crippen molar-refractivity contribution >= 4 is 0 Å². The van der Waals surface area contributed by atoms with Crippen molar-refractivity contribution in [3.05, 3.63) is 0 Å². The smallest absolute Gasteiger partial charge is 0.0540 e. The van der Waals surface area contributed by atoms with Crippen LogP contribution in [0.5, 0.6) is 0 Å². The molecular formula is C13H29NO. The second-order valence-electron chi connectivity index (χ2n) is 5.03. The van der Waals surface area contributed by atoms with Gasteiger partial charge in [0.05, 0.1) is 6.10 Å². The maximum atomic E-state index is 8.45. The Hall–Kier alpha value is -0.0800. The molecule has 2 N–H and O–H groups in total. The van der Waals surface area contributed by atoms with Gasteiger partial charge >= 0.3 is 0 Å². The summed E-state index contributed by atoms with van der Waals surface area (Å²) < 4.78 is 0. The summed E-state index contributed by atoms with van der Waals surface area (Å²) >= 11 is 0. The molecule has 1 aliphatic carbocycles. The molecule has 2 nitrogen and oxygen atoms in total. The highest BCUT2D eigenvalue weighted by Crippen LogP contribution is 2.23. The standard InChI is InChI=1S/C7H15N.C4H8O.C2H6/c1-7(2)4-3-5-8-6-7;5-4-2-1-3-4;1-2/h8H,3-6H2,1-2H3;4-5H,1-3H2;1-2H3. The fourth-order valence-corrected chi connectivity index (χ4v) is 1.59. The van der Waals surface area contributed by atoms with Crippen LogP contribution in [0.1, 0.15) is 59.8 Å². The van der Waals surface area contributed by atoms with Gasteiger partial charge in [-0.3, -0.25) is 0 Å². The highest BCUT2D eigenvalue weighted by atomic mass is 16.3. The summed E-state index contributed by atoms with van der Waals surface area (Å²) in [6, 6.07) is 0. The van der Waals surface area contributed by atoms with Crippen LogP contribution in [0.25, 0.3) is 0 Å². The van der Waals surface area contributed by atoms with Gasteiger partial charge in [0.2, 0.25) is 0 Å². The number of nitrogens with one attached hydrogen (secondary N) is 1. The minimum Gasteiger partial charge on any atom is -0.393 e. The molecule has 0 unspecified atom stereocenters. The lowest BCUT2D eigenvalue weighted by atomic mass is 9.85. The molecule has 92 valence electrons. The van der Waals surface area contributed by atoms with Crippen LogP contribution in [0.2, 0.25) is 0 Å². The van der Waals surface area contributed by atoms with E-state index in [1.54, 1.807) is 0 Å². The van der Waals surface area contributed by atoms with E-state index in [0.717, 1.165) is 12.8 Å². The molecule has 0 radical (unpaired) electrons. The first-order valence-corrected chi connectivity index (χ1v) is 6.49. The molecule has 0 bridgehead atoms. The Morgan fingerprint density at radius 3 is 1.80 bits per heavy atom. The van der Waals surface area contributed by atoms with Gasteiger partial charge in [-0.05, 0) is 44.1 Å². The molecule has 0 amide bonds. The normalized spacial score (nSPS) is 23.8. The molecule has 1 saturated carbocycles. The van der Waals surface area contributed by atoms with Gasteiger partial charge < -0.3 is 10.4 Å². The zero-order valence-electron chi connectivity index (χ0n) is 11.0. The van der Waals surface area contributed by atoms with Crippen LogP contribution in [0, 0.1) is 5.41 Å². The van der Waals surface area contributed by atoms with E-state index in [0.29, 0.717) is 5.41 Å². The summed E-state index contributed by atoms with van der Waals surface area (Å²) in [4.78, 5) is 0. The lowest BCUT2D eigenvalue weighted by molar-refractivity contribution is 0.0950. The quantitative estimate of drug-likeness (QED) is 0.651. The molecule has 1 heterocycles. The van der Waals surface area contributed by atoms with Gasteiger partial charge in [-0.2, -0.15) is 0 Å². The van der Waals surface area contributed by atoms with Crippen LogP contribution in [-0.2, 0) is 0 Å². The third kappa shape index (κ3) is 7.80. The Labute approximate surface area is 95.5 Å². The minimum absolute atomic E-state index is 0.0648. The highest BCUT2D eigenvalue weighted by molar-refractivity contribution is 4.75. The average molecular weight is 215 g/mol. The van der Waals surface area contributed by atoms with Crippen LogP contribution in [0.4, 0.5) is 0 Å². The van der Waals surface area contributed by atoms with Crippen molar-refractivity contribution in [3.63, 3.8) is 0 Å². The zero-order valence-corrected chi connectivity index (χ0v) is 11.0. The number of rotatable bonds is 0. The molecule has 1 saturated heterocycles. The van der Waals surface area contributed by atoms with Crippen LogP contribution >= 0.6 is 0 Å². The summed E-state index contributed by atoms with van der Waals surface area (Å²) in [6.45, 7) is 11.1. The lowest BCUT2D eigenvalue weighted by Crippen LogP contribution is -2.35. The first-order chi connectivity index (χ1) is 7.10. The Morgan fingerprint density at radius 2 is 1.67 bits per heavy atom. The number of piperidine rings is 1. The predicted octanol–water partition coefficient (Wildman–Crippen LogP) is 2.95. The van der Waals surface area contributed by atoms with Crippen molar-refractivity contribution in [2.75, 3.05) is 13.1 Å². The van der Waals surface area contributed by atoms with Gasteiger partial charge in [0.25, 0.3) is 0 Å². The van der Waals surface area contributed by atoms with E-state index in [-0.39, 0.29) is 6.10 Å². The topological polar surface area (TPSA) is 32.3 Å². The summed E-state index contributed by atoms with van der Waals surface area (Å²) in [5, 5.41) is 11.8. The van der Waals surface area contributed by atoms with E-state index < -0.39 is 0 Å². The molecule has 2 aliphatic rings. The van der Waals surface area contributed by atoms with Crippen molar-refractivity contribution in [2.24, 2.45) is 5.41 Å². The Bertz CT molecular complexity index is 133. The summed E-state index contributed by atoms with van der Waals surface area (Å²) in [5.41, 5.74) is 0.568. The summed E-state index contributed by atoms with van der Waals surface area (Å²) in [6.07, 6.45) is 6.13. The fraction of sp³-hybridized carbons (Fsp3) is 1.00. The first kappa shape index (κ1) is 14.9. The molecule has 0 aromatic rings. The Morgan fingerprint density at radius 1 is 1.13 bits per heavy atom. The zero-order chi connectivity index (χ0) is 11.7. The summed E-state index contributed by atoms with van der Waals surface area (Å²) in [7, 11) is 0. The van der Waals surface area contributed by atoms with Gasteiger partial charge in [-0.1, -0.05) is 27.7 Å². The van der Waals surface area contributed by atoms with E-state index in [1.165, 1.54) is 32.4 Å². The van der Waals surface area contributed by atoms with Gasteiger partial charge in [-0.25, -0.2) is 0 Å². The van der Waals surface area contributed by atoms with Crippen molar-refractivity contribution in [1.29, 1.82) is 0 Å². The molecule has 0 atom stereocenters. The number of hydrogen-bond acceptors (Lipinski definition) is 2. The van der Waals surface area contributed by atoms with Crippen LogP contribution in [0.15, 0.2) is 0 Å². The van der Waals surface area contributed by atoms with Gasteiger partial charge in [0.1, 0.15) is 0 Å². The molecule has 0 aromatic heterocycles. The molecule has 0 aromatic carbocycles. The molecular weight excluding hydrogens is 186 g/mol. The van der Waals surface area contributed by atoms with Crippen LogP contribution in [-0.4, -0.2) is 24.3 Å². The van der Waals surface area contributed by atoms with Gasteiger partial charge in [-0.15, -0.1) is 0 Å². The molecule has 2 fully saturated rings. The van der Waals surface area contributed by atoms with Crippen molar-refractivity contribution in [3.8, 4) is 0 Å².